The fourth-order valence-corrected chi connectivity index (χ4v) is 6.11. The van der Waals surface area contributed by atoms with Gasteiger partial charge in [0.1, 0.15) is 29.6 Å². The standard InChI is InChI=1S/C50H54O10/c1-3-5-7-9-14-34-55-42-26-18-39(19-27-42)48(52)58-44-30-22-38(23-31-44)47(51)57-36-46(37-16-12-11-13-17-37)60-50(54)41-24-32-45(33-25-41)59-49(53)40-20-28-43(29-21-40)56-35-15-10-8-6-4-2/h11-13,16-33,46H,3-10,14-15,34-36H2,1-2H3. The van der Waals surface area contributed by atoms with Crippen molar-refractivity contribution in [2.75, 3.05) is 19.8 Å². The molecule has 0 fully saturated rings. The third-order valence-electron chi connectivity index (χ3n) is 9.60. The number of carbonyl (C=O) groups is 4. The van der Waals surface area contributed by atoms with E-state index < -0.39 is 30.0 Å². The summed E-state index contributed by atoms with van der Waals surface area (Å²) in [6.45, 7) is 5.36. The lowest BCUT2D eigenvalue weighted by atomic mass is 10.1. The normalized spacial score (nSPS) is 11.2. The number of benzene rings is 5. The van der Waals surface area contributed by atoms with Crippen LogP contribution in [0.15, 0.2) is 127 Å². The van der Waals surface area contributed by atoms with Crippen LogP contribution in [-0.2, 0) is 9.47 Å². The quantitative estimate of drug-likeness (QED) is 0.0338. The van der Waals surface area contributed by atoms with Crippen LogP contribution in [0.25, 0.3) is 0 Å². The first-order valence-corrected chi connectivity index (χ1v) is 20.9. The fourth-order valence-electron chi connectivity index (χ4n) is 6.11. The second-order valence-corrected chi connectivity index (χ2v) is 14.3. The van der Waals surface area contributed by atoms with E-state index in [-0.39, 0.29) is 29.2 Å². The van der Waals surface area contributed by atoms with Gasteiger partial charge in [-0.25, -0.2) is 19.2 Å². The SMILES string of the molecule is CCCCCCCOc1ccc(C(=O)Oc2ccc(C(=O)OCC(OC(=O)c3ccc(OC(=O)c4ccc(OCCCCCCC)cc4)cc3)c3ccccc3)cc2)cc1. The van der Waals surface area contributed by atoms with Gasteiger partial charge in [0.15, 0.2) is 6.10 Å². The Hall–Kier alpha value is -6.42. The maximum Gasteiger partial charge on any atom is 0.343 e. The Labute approximate surface area is 352 Å². The molecule has 0 saturated carbocycles. The highest BCUT2D eigenvalue weighted by atomic mass is 16.6. The Morgan fingerprint density at radius 3 is 1.23 bits per heavy atom. The Balaban J connectivity index is 1.09. The van der Waals surface area contributed by atoms with E-state index in [0.29, 0.717) is 41.4 Å². The van der Waals surface area contributed by atoms with E-state index in [1.807, 2.05) is 6.07 Å². The van der Waals surface area contributed by atoms with Gasteiger partial charge in [0, 0.05) is 0 Å². The van der Waals surface area contributed by atoms with Crippen molar-refractivity contribution in [3.05, 3.63) is 155 Å². The van der Waals surface area contributed by atoms with Gasteiger partial charge in [0.05, 0.1) is 35.5 Å². The molecule has 1 atom stereocenters. The van der Waals surface area contributed by atoms with Crippen molar-refractivity contribution in [1.29, 1.82) is 0 Å². The van der Waals surface area contributed by atoms with Crippen molar-refractivity contribution >= 4 is 23.9 Å². The number of carbonyl (C=O) groups excluding carboxylic acids is 4. The van der Waals surface area contributed by atoms with Crippen LogP contribution in [0.5, 0.6) is 23.0 Å². The molecule has 0 saturated heterocycles. The van der Waals surface area contributed by atoms with E-state index in [1.54, 1.807) is 72.8 Å². The van der Waals surface area contributed by atoms with E-state index in [2.05, 4.69) is 13.8 Å². The zero-order valence-electron chi connectivity index (χ0n) is 34.5. The molecule has 10 nitrogen and oxygen atoms in total. The number of hydrogen-bond acceptors (Lipinski definition) is 10. The van der Waals surface area contributed by atoms with Gasteiger partial charge in [0.25, 0.3) is 0 Å². The minimum atomic E-state index is -0.920. The van der Waals surface area contributed by atoms with Gasteiger partial charge in [-0.3, -0.25) is 0 Å². The lowest BCUT2D eigenvalue weighted by Gasteiger charge is -2.18. The third kappa shape index (κ3) is 14.8. The van der Waals surface area contributed by atoms with Gasteiger partial charge in [-0.15, -0.1) is 0 Å². The van der Waals surface area contributed by atoms with Crippen molar-refractivity contribution in [1.82, 2.24) is 0 Å². The summed E-state index contributed by atoms with van der Waals surface area (Å²) < 4.78 is 34.0. The predicted molar refractivity (Wildman–Crippen MR) is 229 cm³/mol. The van der Waals surface area contributed by atoms with Gasteiger partial charge < -0.3 is 28.4 Å². The van der Waals surface area contributed by atoms with Crippen LogP contribution >= 0.6 is 0 Å². The average Bonchev–Trinajstić information content (AvgIpc) is 3.28. The minimum absolute atomic E-state index is 0.209. The molecule has 0 N–H and O–H groups in total. The first kappa shape index (κ1) is 44.7. The smallest absolute Gasteiger partial charge is 0.343 e. The molecule has 0 spiro atoms. The molecule has 60 heavy (non-hydrogen) atoms. The van der Waals surface area contributed by atoms with Gasteiger partial charge in [-0.2, -0.15) is 0 Å². The summed E-state index contributed by atoms with van der Waals surface area (Å²) in [7, 11) is 0. The van der Waals surface area contributed by atoms with Gasteiger partial charge in [-0.1, -0.05) is 95.5 Å². The topological polar surface area (TPSA) is 124 Å². The first-order valence-electron chi connectivity index (χ1n) is 20.9. The molecule has 314 valence electrons. The Morgan fingerprint density at radius 1 is 0.417 bits per heavy atom. The maximum atomic E-state index is 13.3. The highest BCUT2D eigenvalue weighted by Gasteiger charge is 2.22. The molecule has 0 bridgehead atoms. The zero-order chi connectivity index (χ0) is 42.4. The molecule has 1 unspecified atom stereocenters. The van der Waals surface area contributed by atoms with Crippen molar-refractivity contribution in [2.45, 2.75) is 84.2 Å². The molecule has 0 aliphatic heterocycles. The monoisotopic (exact) mass is 814 g/mol. The molecular weight excluding hydrogens is 761 g/mol. The minimum Gasteiger partial charge on any atom is -0.494 e. The van der Waals surface area contributed by atoms with Gasteiger partial charge in [0.2, 0.25) is 0 Å². The fraction of sp³-hybridized carbons (Fsp3) is 0.320. The molecular formula is C50H54O10. The molecule has 0 aliphatic carbocycles. The van der Waals surface area contributed by atoms with Crippen LogP contribution in [0.1, 0.15) is 131 Å². The third-order valence-corrected chi connectivity index (χ3v) is 9.60. The summed E-state index contributed by atoms with van der Waals surface area (Å²) in [6.07, 6.45) is 10.6. The summed E-state index contributed by atoms with van der Waals surface area (Å²) in [5.74, 6) is -0.528. The highest BCUT2D eigenvalue weighted by Crippen LogP contribution is 2.24. The summed E-state index contributed by atoms with van der Waals surface area (Å²) in [6, 6.07) is 34.5. The van der Waals surface area contributed by atoms with Crippen LogP contribution in [0.2, 0.25) is 0 Å². The average molecular weight is 815 g/mol. The summed E-state index contributed by atoms with van der Waals surface area (Å²) in [4.78, 5) is 51.9. The maximum absolute atomic E-state index is 13.3. The van der Waals surface area contributed by atoms with Crippen LogP contribution in [0, 0.1) is 0 Å². The summed E-state index contributed by atoms with van der Waals surface area (Å²) in [5.41, 5.74) is 1.77. The molecule has 10 heteroatoms. The highest BCUT2D eigenvalue weighted by molar-refractivity contribution is 5.93. The Bertz CT molecular complexity index is 2060. The van der Waals surface area contributed by atoms with Gasteiger partial charge >= 0.3 is 23.9 Å². The lowest BCUT2D eigenvalue weighted by Crippen LogP contribution is -2.19. The second kappa shape index (κ2) is 24.5. The zero-order valence-corrected chi connectivity index (χ0v) is 34.5. The second-order valence-electron chi connectivity index (χ2n) is 14.3. The van der Waals surface area contributed by atoms with E-state index in [0.717, 1.165) is 25.7 Å². The number of hydrogen-bond donors (Lipinski definition) is 0. The van der Waals surface area contributed by atoms with Crippen LogP contribution in [-0.4, -0.2) is 43.7 Å². The Kier molecular flexibility index (Phi) is 18.2. The van der Waals surface area contributed by atoms with Crippen molar-refractivity contribution in [3.8, 4) is 23.0 Å². The van der Waals surface area contributed by atoms with Crippen molar-refractivity contribution < 1.29 is 47.6 Å². The molecule has 0 aliphatic rings. The van der Waals surface area contributed by atoms with E-state index in [9.17, 15) is 19.2 Å². The molecule has 0 aromatic heterocycles. The number of ether oxygens (including phenoxy) is 6. The molecule has 5 aromatic rings. The molecule has 0 radical (unpaired) electrons. The number of esters is 4. The molecule has 0 amide bonds. The summed E-state index contributed by atoms with van der Waals surface area (Å²) >= 11 is 0. The molecule has 5 aromatic carbocycles. The van der Waals surface area contributed by atoms with Crippen LogP contribution in [0.3, 0.4) is 0 Å². The lowest BCUT2D eigenvalue weighted by molar-refractivity contribution is -0.00134. The van der Waals surface area contributed by atoms with Crippen LogP contribution < -0.4 is 18.9 Å². The largest absolute Gasteiger partial charge is 0.494 e. The first-order chi connectivity index (χ1) is 29.3. The van der Waals surface area contributed by atoms with E-state index >= 15 is 0 Å². The molecule has 0 heterocycles. The van der Waals surface area contributed by atoms with Crippen molar-refractivity contribution in [3.63, 3.8) is 0 Å². The van der Waals surface area contributed by atoms with E-state index in [1.165, 1.54) is 87.1 Å². The number of rotatable bonds is 24. The van der Waals surface area contributed by atoms with Gasteiger partial charge in [-0.05, 0) is 115 Å². The van der Waals surface area contributed by atoms with E-state index in [4.69, 9.17) is 28.4 Å². The summed E-state index contributed by atoms with van der Waals surface area (Å²) in [5, 5.41) is 0. The number of unbranched alkanes of at least 4 members (excludes halogenated alkanes) is 8. The van der Waals surface area contributed by atoms with Crippen molar-refractivity contribution in [2.24, 2.45) is 0 Å². The Morgan fingerprint density at radius 2 is 0.800 bits per heavy atom. The van der Waals surface area contributed by atoms with Crippen LogP contribution in [0.4, 0.5) is 0 Å². The molecule has 5 rings (SSSR count). The predicted octanol–water partition coefficient (Wildman–Crippen LogP) is 11.6.